The fourth-order valence-electron chi connectivity index (χ4n) is 3.66. The molecule has 0 amide bonds. The van der Waals surface area contributed by atoms with Crippen LogP contribution in [0, 0.1) is 0 Å². The van der Waals surface area contributed by atoms with Crippen LogP contribution >= 0.6 is 0 Å². The maximum Gasteiger partial charge on any atom is 0.417 e. The number of halogens is 3. The van der Waals surface area contributed by atoms with Crippen molar-refractivity contribution in [3.05, 3.63) is 59.2 Å². The van der Waals surface area contributed by atoms with Crippen molar-refractivity contribution in [3.63, 3.8) is 0 Å². The van der Waals surface area contributed by atoms with Gasteiger partial charge in [0.1, 0.15) is 0 Å². The van der Waals surface area contributed by atoms with Gasteiger partial charge in [0.25, 0.3) is 0 Å². The maximum atomic E-state index is 13.6. The molecule has 0 saturated heterocycles. The Morgan fingerprint density at radius 1 is 1.00 bits per heavy atom. The molecule has 3 N–H and O–H groups in total. The third-order valence-electron chi connectivity index (χ3n) is 4.98. The molecule has 0 atom stereocenters. The molecule has 2 nitrogen and oxygen atoms in total. The highest BCUT2D eigenvalue weighted by molar-refractivity contribution is 5.93. The zero-order chi connectivity index (χ0) is 19.6. The number of benzene rings is 2. The van der Waals surface area contributed by atoms with E-state index in [-0.39, 0.29) is 11.5 Å². The van der Waals surface area contributed by atoms with E-state index in [0.29, 0.717) is 18.7 Å². The standard InChI is InChI=1S/C22H25F3N2/c1-14(2)15-10-7-11-17-16(8-5-6-13-26)21(27-20(15)17)18-9-3-4-12-19(18)22(23,24)25/h3-4,7,9-12,14,27H,5-6,8,13,26H2,1-2H3. The molecule has 0 aliphatic carbocycles. The summed E-state index contributed by atoms with van der Waals surface area (Å²) in [5.41, 5.74) is 8.78. The SMILES string of the molecule is CC(C)c1cccc2c(CCCCN)c(-c3ccccc3C(F)(F)F)[nH]c12. The summed E-state index contributed by atoms with van der Waals surface area (Å²) in [7, 11) is 0. The van der Waals surface area contributed by atoms with E-state index in [2.05, 4.69) is 18.8 Å². The fraction of sp³-hybridized carbons (Fsp3) is 0.364. The quantitative estimate of drug-likeness (QED) is 0.491. The lowest BCUT2D eigenvalue weighted by Crippen LogP contribution is -2.07. The molecule has 27 heavy (non-hydrogen) atoms. The third-order valence-corrected chi connectivity index (χ3v) is 4.98. The lowest BCUT2D eigenvalue weighted by Gasteiger charge is -2.13. The predicted octanol–water partition coefficient (Wildman–Crippen LogP) is 6.26. The van der Waals surface area contributed by atoms with Crippen molar-refractivity contribution in [2.24, 2.45) is 5.73 Å². The third kappa shape index (κ3) is 3.88. The number of rotatable bonds is 6. The second kappa shape index (κ2) is 7.77. The fourth-order valence-corrected chi connectivity index (χ4v) is 3.66. The van der Waals surface area contributed by atoms with Gasteiger partial charge in [-0.1, -0.05) is 50.2 Å². The Morgan fingerprint density at radius 3 is 2.41 bits per heavy atom. The monoisotopic (exact) mass is 374 g/mol. The molecule has 0 unspecified atom stereocenters. The number of nitrogens with two attached hydrogens (primary N) is 1. The zero-order valence-electron chi connectivity index (χ0n) is 15.7. The van der Waals surface area contributed by atoms with E-state index in [9.17, 15) is 13.2 Å². The van der Waals surface area contributed by atoms with Crippen molar-refractivity contribution >= 4 is 10.9 Å². The van der Waals surface area contributed by atoms with Crippen molar-refractivity contribution in [1.29, 1.82) is 0 Å². The Labute approximate surface area is 157 Å². The van der Waals surface area contributed by atoms with Crippen LogP contribution in [0.15, 0.2) is 42.5 Å². The number of hydrogen-bond donors (Lipinski definition) is 2. The van der Waals surface area contributed by atoms with Crippen LogP contribution in [0.3, 0.4) is 0 Å². The van der Waals surface area contributed by atoms with Crippen LogP contribution < -0.4 is 5.73 Å². The Hall–Kier alpha value is -2.27. The highest BCUT2D eigenvalue weighted by Gasteiger charge is 2.34. The summed E-state index contributed by atoms with van der Waals surface area (Å²) in [5.74, 6) is 0.273. The first-order valence-electron chi connectivity index (χ1n) is 9.34. The molecule has 3 aromatic rings. The first-order chi connectivity index (χ1) is 12.8. The van der Waals surface area contributed by atoms with E-state index in [0.717, 1.165) is 40.9 Å². The molecular formula is C22H25F3N2. The van der Waals surface area contributed by atoms with Gasteiger partial charge >= 0.3 is 6.18 Å². The summed E-state index contributed by atoms with van der Waals surface area (Å²) in [4.78, 5) is 3.34. The first-order valence-corrected chi connectivity index (χ1v) is 9.34. The number of aryl methyl sites for hydroxylation is 1. The molecule has 5 heteroatoms. The molecule has 0 saturated carbocycles. The van der Waals surface area contributed by atoms with Crippen LogP contribution in [0.5, 0.6) is 0 Å². The summed E-state index contributed by atoms with van der Waals surface area (Å²) >= 11 is 0. The Kier molecular flexibility index (Phi) is 5.61. The van der Waals surface area contributed by atoms with E-state index in [1.54, 1.807) is 12.1 Å². The first kappa shape index (κ1) is 19.5. The zero-order valence-corrected chi connectivity index (χ0v) is 15.7. The largest absolute Gasteiger partial charge is 0.417 e. The summed E-state index contributed by atoms with van der Waals surface area (Å²) in [6.45, 7) is 4.76. The number of nitrogens with one attached hydrogen (secondary N) is 1. The molecular weight excluding hydrogens is 349 g/mol. The second-order valence-electron chi connectivity index (χ2n) is 7.19. The van der Waals surface area contributed by atoms with E-state index in [1.807, 2.05) is 18.2 Å². The smallest absolute Gasteiger partial charge is 0.354 e. The Balaban J connectivity index is 2.26. The van der Waals surface area contributed by atoms with E-state index >= 15 is 0 Å². The molecule has 0 radical (unpaired) electrons. The lowest BCUT2D eigenvalue weighted by atomic mass is 9.95. The second-order valence-corrected chi connectivity index (χ2v) is 7.19. The normalized spacial score (nSPS) is 12.3. The van der Waals surface area contributed by atoms with Crippen LogP contribution in [-0.2, 0) is 12.6 Å². The highest BCUT2D eigenvalue weighted by Crippen LogP contribution is 2.41. The summed E-state index contributed by atoms with van der Waals surface area (Å²) in [5, 5.41) is 1.00. The van der Waals surface area contributed by atoms with Gasteiger partial charge in [-0.3, -0.25) is 0 Å². The van der Waals surface area contributed by atoms with Crippen molar-refractivity contribution < 1.29 is 13.2 Å². The number of H-pyrrole nitrogens is 1. The van der Waals surface area contributed by atoms with Gasteiger partial charge in [-0.25, -0.2) is 0 Å². The number of unbranched alkanes of at least 4 members (excludes halogenated alkanes) is 1. The molecule has 0 fully saturated rings. The van der Waals surface area contributed by atoms with E-state index < -0.39 is 11.7 Å². The number of aromatic amines is 1. The van der Waals surface area contributed by atoms with Gasteiger partial charge < -0.3 is 10.7 Å². The van der Waals surface area contributed by atoms with Crippen molar-refractivity contribution in [2.75, 3.05) is 6.54 Å². The molecule has 3 rings (SSSR count). The van der Waals surface area contributed by atoms with E-state index in [4.69, 9.17) is 5.73 Å². The Bertz CT molecular complexity index is 923. The summed E-state index contributed by atoms with van der Waals surface area (Å²) in [6.07, 6.45) is -2.02. The highest BCUT2D eigenvalue weighted by atomic mass is 19.4. The van der Waals surface area contributed by atoms with Crippen LogP contribution in [0.1, 0.15) is 49.3 Å². The van der Waals surface area contributed by atoms with Crippen molar-refractivity contribution in [3.8, 4) is 11.3 Å². The minimum atomic E-state index is -4.40. The van der Waals surface area contributed by atoms with Crippen LogP contribution in [0.2, 0.25) is 0 Å². The molecule has 0 aliphatic heterocycles. The maximum absolute atomic E-state index is 13.6. The van der Waals surface area contributed by atoms with Crippen LogP contribution in [-0.4, -0.2) is 11.5 Å². The van der Waals surface area contributed by atoms with Gasteiger partial charge in [0.2, 0.25) is 0 Å². The number of alkyl halides is 3. The number of fused-ring (bicyclic) bond motifs is 1. The number of para-hydroxylation sites is 1. The number of hydrogen-bond acceptors (Lipinski definition) is 1. The molecule has 144 valence electrons. The van der Waals surface area contributed by atoms with Gasteiger partial charge in [0.15, 0.2) is 0 Å². The molecule has 0 aliphatic rings. The van der Waals surface area contributed by atoms with Crippen LogP contribution in [0.4, 0.5) is 13.2 Å². The van der Waals surface area contributed by atoms with Gasteiger partial charge in [0, 0.05) is 16.5 Å². The van der Waals surface area contributed by atoms with Gasteiger partial charge in [-0.2, -0.15) is 13.2 Å². The van der Waals surface area contributed by atoms with Gasteiger partial charge in [0.05, 0.1) is 11.3 Å². The lowest BCUT2D eigenvalue weighted by molar-refractivity contribution is -0.137. The average molecular weight is 374 g/mol. The average Bonchev–Trinajstić information content (AvgIpc) is 2.99. The topological polar surface area (TPSA) is 41.8 Å². The minimum Gasteiger partial charge on any atom is -0.354 e. The molecule has 1 aromatic heterocycles. The molecule has 0 bridgehead atoms. The van der Waals surface area contributed by atoms with Crippen molar-refractivity contribution in [1.82, 2.24) is 4.98 Å². The number of aromatic nitrogens is 1. The molecule has 0 spiro atoms. The summed E-state index contributed by atoms with van der Waals surface area (Å²) < 4.78 is 40.8. The predicted molar refractivity (Wildman–Crippen MR) is 105 cm³/mol. The van der Waals surface area contributed by atoms with Crippen LogP contribution in [0.25, 0.3) is 22.2 Å². The summed E-state index contributed by atoms with van der Waals surface area (Å²) in [6, 6.07) is 11.8. The van der Waals surface area contributed by atoms with Crippen molar-refractivity contribution in [2.45, 2.75) is 45.2 Å². The molecule has 1 heterocycles. The van der Waals surface area contributed by atoms with Gasteiger partial charge in [-0.05, 0) is 48.9 Å². The molecule has 2 aromatic carbocycles. The minimum absolute atomic E-state index is 0.207. The van der Waals surface area contributed by atoms with E-state index in [1.165, 1.54) is 6.07 Å². The Morgan fingerprint density at radius 2 is 1.74 bits per heavy atom. The van der Waals surface area contributed by atoms with Gasteiger partial charge in [-0.15, -0.1) is 0 Å².